The predicted octanol–water partition coefficient (Wildman–Crippen LogP) is 2.64. The maximum atomic E-state index is 12.2. The van der Waals surface area contributed by atoms with E-state index in [2.05, 4.69) is 19.2 Å². The molecule has 110 valence electrons. The maximum absolute atomic E-state index is 12.2. The molecule has 1 fully saturated rings. The molecule has 20 heavy (non-hydrogen) atoms. The molecule has 1 amide bonds. The number of nitrogens with one attached hydrogen (secondary N) is 1. The van der Waals surface area contributed by atoms with Gasteiger partial charge in [0.05, 0.1) is 6.04 Å². The van der Waals surface area contributed by atoms with Crippen LogP contribution in [0.25, 0.3) is 0 Å². The van der Waals surface area contributed by atoms with Gasteiger partial charge in [-0.2, -0.15) is 0 Å². The van der Waals surface area contributed by atoms with Gasteiger partial charge in [0.15, 0.2) is 0 Å². The monoisotopic (exact) mass is 274 g/mol. The summed E-state index contributed by atoms with van der Waals surface area (Å²) < 4.78 is 0. The van der Waals surface area contributed by atoms with Gasteiger partial charge < -0.3 is 11.1 Å². The van der Waals surface area contributed by atoms with E-state index in [1.54, 1.807) is 0 Å². The van der Waals surface area contributed by atoms with Crippen molar-refractivity contribution in [1.29, 1.82) is 0 Å². The molecule has 1 aromatic carbocycles. The fourth-order valence-electron chi connectivity index (χ4n) is 3.09. The quantitative estimate of drug-likeness (QED) is 0.887. The van der Waals surface area contributed by atoms with Crippen molar-refractivity contribution in [2.75, 3.05) is 0 Å². The minimum atomic E-state index is -0.456. The van der Waals surface area contributed by atoms with Gasteiger partial charge in [0.1, 0.15) is 0 Å². The standard InChI is InChI=1S/C17H26N2O/c1-17(2)10-6-9-14(12-17)19-16(20)15(18)11-13-7-4-3-5-8-13/h3-5,7-8,14-15H,6,9-12,18H2,1-2H3,(H,19,20)/t14?,15-/m0/s1. The highest BCUT2D eigenvalue weighted by Crippen LogP contribution is 2.35. The Morgan fingerprint density at radius 3 is 2.75 bits per heavy atom. The van der Waals surface area contributed by atoms with Crippen LogP contribution in [0, 0.1) is 5.41 Å². The first-order chi connectivity index (χ1) is 9.46. The molecule has 0 aliphatic heterocycles. The van der Waals surface area contributed by atoms with Gasteiger partial charge in [-0.15, -0.1) is 0 Å². The van der Waals surface area contributed by atoms with Gasteiger partial charge in [-0.1, -0.05) is 50.6 Å². The summed E-state index contributed by atoms with van der Waals surface area (Å²) in [6.45, 7) is 4.55. The molecule has 1 aromatic rings. The Hall–Kier alpha value is -1.35. The van der Waals surface area contributed by atoms with Gasteiger partial charge in [-0.05, 0) is 36.7 Å². The van der Waals surface area contributed by atoms with Crippen molar-refractivity contribution in [3.8, 4) is 0 Å². The second-order valence-corrected chi connectivity index (χ2v) is 6.76. The smallest absolute Gasteiger partial charge is 0.237 e. The SMILES string of the molecule is CC1(C)CCCC(NC(=O)[C@@H](N)Cc2ccccc2)C1. The second kappa shape index (κ2) is 6.40. The van der Waals surface area contributed by atoms with Crippen molar-refractivity contribution in [3.05, 3.63) is 35.9 Å². The zero-order chi connectivity index (χ0) is 14.6. The fraction of sp³-hybridized carbons (Fsp3) is 0.588. The summed E-state index contributed by atoms with van der Waals surface area (Å²) in [6, 6.07) is 9.77. The van der Waals surface area contributed by atoms with Crippen LogP contribution < -0.4 is 11.1 Å². The predicted molar refractivity (Wildman–Crippen MR) is 82.3 cm³/mol. The zero-order valence-corrected chi connectivity index (χ0v) is 12.6. The largest absolute Gasteiger partial charge is 0.352 e. The Labute approximate surface area is 121 Å². The molecule has 0 radical (unpaired) electrons. The molecule has 0 spiro atoms. The minimum Gasteiger partial charge on any atom is -0.352 e. The number of carbonyl (C=O) groups is 1. The second-order valence-electron chi connectivity index (χ2n) is 6.76. The average Bonchev–Trinajstić information content (AvgIpc) is 2.38. The molecular weight excluding hydrogens is 248 g/mol. The van der Waals surface area contributed by atoms with Crippen molar-refractivity contribution < 1.29 is 4.79 Å². The van der Waals surface area contributed by atoms with Crippen molar-refractivity contribution in [2.24, 2.45) is 11.1 Å². The molecule has 2 rings (SSSR count). The first-order valence-corrected chi connectivity index (χ1v) is 7.56. The summed E-state index contributed by atoms with van der Waals surface area (Å²) in [5.74, 6) is -0.0171. The summed E-state index contributed by atoms with van der Waals surface area (Å²) in [5, 5.41) is 3.13. The van der Waals surface area contributed by atoms with E-state index in [9.17, 15) is 4.79 Å². The molecular formula is C17H26N2O. The van der Waals surface area contributed by atoms with E-state index < -0.39 is 6.04 Å². The number of benzene rings is 1. The summed E-state index contributed by atoms with van der Waals surface area (Å²) in [6.07, 6.45) is 5.16. The van der Waals surface area contributed by atoms with Crippen LogP contribution >= 0.6 is 0 Å². The number of nitrogens with two attached hydrogens (primary N) is 1. The third-order valence-electron chi connectivity index (χ3n) is 4.19. The molecule has 3 nitrogen and oxygen atoms in total. The maximum Gasteiger partial charge on any atom is 0.237 e. The number of hydrogen-bond acceptors (Lipinski definition) is 2. The molecule has 2 atom stereocenters. The summed E-state index contributed by atoms with van der Waals surface area (Å²) in [4.78, 5) is 12.2. The van der Waals surface area contributed by atoms with Gasteiger partial charge >= 0.3 is 0 Å². The van der Waals surface area contributed by atoms with Crippen LogP contribution in [0.1, 0.15) is 45.1 Å². The number of amides is 1. The van der Waals surface area contributed by atoms with Gasteiger partial charge in [0.25, 0.3) is 0 Å². The Morgan fingerprint density at radius 2 is 2.10 bits per heavy atom. The number of hydrogen-bond donors (Lipinski definition) is 2. The van der Waals surface area contributed by atoms with Gasteiger partial charge in [0.2, 0.25) is 5.91 Å². The normalized spacial score (nSPS) is 23.1. The van der Waals surface area contributed by atoms with E-state index in [0.29, 0.717) is 11.8 Å². The Bertz CT molecular complexity index is 442. The summed E-state index contributed by atoms with van der Waals surface area (Å²) in [5.41, 5.74) is 7.47. The van der Waals surface area contributed by atoms with Gasteiger partial charge in [0, 0.05) is 6.04 Å². The van der Waals surface area contributed by atoms with E-state index in [1.165, 1.54) is 12.8 Å². The van der Waals surface area contributed by atoms with Crippen LogP contribution in [0.2, 0.25) is 0 Å². The van der Waals surface area contributed by atoms with Crippen LogP contribution in [-0.4, -0.2) is 18.0 Å². The van der Waals surface area contributed by atoms with Gasteiger partial charge in [-0.3, -0.25) is 4.79 Å². The summed E-state index contributed by atoms with van der Waals surface area (Å²) in [7, 11) is 0. The average molecular weight is 274 g/mol. The number of carbonyl (C=O) groups excluding carboxylic acids is 1. The highest BCUT2D eigenvalue weighted by atomic mass is 16.2. The fourth-order valence-corrected chi connectivity index (χ4v) is 3.09. The van der Waals surface area contributed by atoms with E-state index in [-0.39, 0.29) is 11.9 Å². The van der Waals surface area contributed by atoms with E-state index in [4.69, 9.17) is 5.73 Å². The lowest BCUT2D eigenvalue weighted by Crippen LogP contribution is -2.48. The Balaban J connectivity index is 1.85. The van der Waals surface area contributed by atoms with Crippen LogP contribution in [0.3, 0.4) is 0 Å². The molecule has 3 heteroatoms. The van der Waals surface area contributed by atoms with Gasteiger partial charge in [-0.25, -0.2) is 0 Å². The summed E-state index contributed by atoms with van der Waals surface area (Å²) >= 11 is 0. The zero-order valence-electron chi connectivity index (χ0n) is 12.6. The van der Waals surface area contributed by atoms with Crippen molar-refractivity contribution >= 4 is 5.91 Å². The number of rotatable bonds is 4. The lowest BCUT2D eigenvalue weighted by molar-refractivity contribution is -0.123. The van der Waals surface area contributed by atoms with Crippen LogP contribution in [0.15, 0.2) is 30.3 Å². The van der Waals surface area contributed by atoms with Crippen molar-refractivity contribution in [1.82, 2.24) is 5.32 Å². The molecule has 0 aromatic heterocycles. The van der Waals surface area contributed by atoms with Crippen molar-refractivity contribution in [3.63, 3.8) is 0 Å². The van der Waals surface area contributed by atoms with Crippen LogP contribution in [-0.2, 0) is 11.2 Å². The third kappa shape index (κ3) is 4.34. The molecule has 1 aliphatic carbocycles. The van der Waals surface area contributed by atoms with E-state index in [1.807, 2.05) is 30.3 Å². The first kappa shape index (κ1) is 15.0. The van der Waals surface area contributed by atoms with Crippen molar-refractivity contribution in [2.45, 2.75) is 58.0 Å². The molecule has 1 aliphatic rings. The lowest BCUT2D eigenvalue weighted by Gasteiger charge is -2.36. The van der Waals surface area contributed by atoms with Crippen LogP contribution in [0.5, 0.6) is 0 Å². The lowest BCUT2D eigenvalue weighted by atomic mass is 9.75. The first-order valence-electron chi connectivity index (χ1n) is 7.56. The van der Waals surface area contributed by atoms with Crippen LogP contribution in [0.4, 0.5) is 0 Å². The topological polar surface area (TPSA) is 55.1 Å². The third-order valence-corrected chi connectivity index (χ3v) is 4.19. The van der Waals surface area contributed by atoms with E-state index >= 15 is 0 Å². The Kier molecular flexibility index (Phi) is 4.81. The molecule has 0 saturated heterocycles. The van der Waals surface area contributed by atoms with E-state index in [0.717, 1.165) is 18.4 Å². The minimum absolute atomic E-state index is 0.0171. The molecule has 3 N–H and O–H groups in total. The molecule has 1 saturated carbocycles. The Morgan fingerprint density at radius 1 is 1.40 bits per heavy atom. The highest BCUT2D eigenvalue weighted by Gasteiger charge is 2.29. The molecule has 0 heterocycles. The molecule has 1 unspecified atom stereocenters. The molecule has 0 bridgehead atoms. The highest BCUT2D eigenvalue weighted by molar-refractivity contribution is 5.82.